The van der Waals surface area contributed by atoms with Crippen LogP contribution in [0.3, 0.4) is 0 Å². The fourth-order valence-corrected chi connectivity index (χ4v) is 4.73. The third-order valence-corrected chi connectivity index (χ3v) is 6.07. The second-order valence-corrected chi connectivity index (χ2v) is 8.96. The van der Waals surface area contributed by atoms with Gasteiger partial charge in [0.25, 0.3) is 0 Å². The number of hydrogen-bond acceptors (Lipinski definition) is 2. The average molecular weight is 420 g/mol. The van der Waals surface area contributed by atoms with Gasteiger partial charge in [-0.3, -0.25) is 0 Å². The summed E-state index contributed by atoms with van der Waals surface area (Å²) >= 11 is 12.0. The number of halogens is 2. The van der Waals surface area contributed by atoms with Crippen molar-refractivity contribution in [1.82, 2.24) is 4.72 Å². The predicted octanol–water partition coefficient (Wildman–Crippen LogP) is 5.51. The SMILES string of the molecule is Cc1ccc([C@H](NS(=O)(=O)Cc2ccc(Cl)cc2Cl)c2ccccc2)cc1. The van der Waals surface area contributed by atoms with Gasteiger partial charge in [-0.25, -0.2) is 13.1 Å². The van der Waals surface area contributed by atoms with Crippen molar-refractivity contribution in [1.29, 1.82) is 0 Å². The first-order chi connectivity index (χ1) is 12.8. The molecule has 0 heterocycles. The maximum Gasteiger partial charge on any atom is 0.216 e. The highest BCUT2D eigenvalue weighted by molar-refractivity contribution is 7.88. The van der Waals surface area contributed by atoms with Crippen LogP contribution in [0, 0.1) is 6.92 Å². The highest BCUT2D eigenvalue weighted by Crippen LogP contribution is 2.26. The third kappa shape index (κ3) is 5.33. The summed E-state index contributed by atoms with van der Waals surface area (Å²) in [6.07, 6.45) is 0. The Kier molecular flexibility index (Phi) is 6.22. The molecule has 1 atom stereocenters. The van der Waals surface area contributed by atoms with Gasteiger partial charge in [0.2, 0.25) is 10.0 Å². The van der Waals surface area contributed by atoms with E-state index in [0.29, 0.717) is 15.6 Å². The molecule has 3 aromatic rings. The van der Waals surface area contributed by atoms with E-state index in [-0.39, 0.29) is 5.75 Å². The number of sulfonamides is 1. The maximum absolute atomic E-state index is 12.9. The number of rotatable bonds is 6. The van der Waals surface area contributed by atoms with Crippen LogP contribution in [0.5, 0.6) is 0 Å². The van der Waals surface area contributed by atoms with Crippen molar-refractivity contribution < 1.29 is 8.42 Å². The van der Waals surface area contributed by atoms with Crippen molar-refractivity contribution in [3.8, 4) is 0 Å². The summed E-state index contributed by atoms with van der Waals surface area (Å²) in [5.41, 5.74) is 3.36. The Morgan fingerprint density at radius 1 is 0.889 bits per heavy atom. The molecule has 0 aromatic heterocycles. The van der Waals surface area contributed by atoms with Gasteiger partial charge in [0.15, 0.2) is 0 Å². The molecule has 0 unspecified atom stereocenters. The van der Waals surface area contributed by atoms with Gasteiger partial charge >= 0.3 is 0 Å². The van der Waals surface area contributed by atoms with E-state index in [9.17, 15) is 8.42 Å². The lowest BCUT2D eigenvalue weighted by Crippen LogP contribution is -2.30. The molecular weight excluding hydrogens is 401 g/mol. The molecule has 3 rings (SSSR count). The lowest BCUT2D eigenvalue weighted by atomic mass is 9.99. The van der Waals surface area contributed by atoms with Gasteiger partial charge in [-0.05, 0) is 35.7 Å². The average Bonchev–Trinajstić information content (AvgIpc) is 2.64. The second-order valence-electron chi connectivity index (χ2n) is 6.37. The van der Waals surface area contributed by atoms with Crippen LogP contribution in [0.2, 0.25) is 10.0 Å². The maximum atomic E-state index is 12.9. The van der Waals surface area contributed by atoms with E-state index in [1.54, 1.807) is 18.2 Å². The molecule has 1 N–H and O–H groups in total. The Balaban J connectivity index is 1.92. The highest BCUT2D eigenvalue weighted by Gasteiger charge is 2.22. The van der Waals surface area contributed by atoms with Crippen LogP contribution >= 0.6 is 23.2 Å². The number of hydrogen-bond donors (Lipinski definition) is 1. The van der Waals surface area contributed by atoms with Gasteiger partial charge in [-0.2, -0.15) is 0 Å². The van der Waals surface area contributed by atoms with Crippen LogP contribution in [-0.4, -0.2) is 8.42 Å². The molecule has 0 aliphatic carbocycles. The Morgan fingerprint density at radius 2 is 1.52 bits per heavy atom. The summed E-state index contributed by atoms with van der Waals surface area (Å²) < 4.78 is 28.5. The highest BCUT2D eigenvalue weighted by atomic mass is 35.5. The molecule has 0 saturated carbocycles. The molecule has 140 valence electrons. The molecule has 0 amide bonds. The van der Waals surface area contributed by atoms with E-state index in [4.69, 9.17) is 23.2 Å². The minimum absolute atomic E-state index is 0.224. The number of benzene rings is 3. The summed E-state index contributed by atoms with van der Waals surface area (Å²) in [5, 5.41) is 0.801. The van der Waals surface area contributed by atoms with Crippen molar-refractivity contribution in [2.24, 2.45) is 0 Å². The Hall–Kier alpha value is -1.85. The zero-order valence-corrected chi connectivity index (χ0v) is 17.0. The summed E-state index contributed by atoms with van der Waals surface area (Å²) in [5.74, 6) is -0.224. The Bertz CT molecular complexity index is 1020. The van der Waals surface area contributed by atoms with Crippen LogP contribution in [0.25, 0.3) is 0 Å². The van der Waals surface area contributed by atoms with Crippen molar-refractivity contribution in [2.75, 3.05) is 0 Å². The van der Waals surface area contributed by atoms with Crippen molar-refractivity contribution in [2.45, 2.75) is 18.7 Å². The zero-order chi connectivity index (χ0) is 19.4. The number of aryl methyl sites for hydroxylation is 1. The normalized spacial score (nSPS) is 12.7. The lowest BCUT2D eigenvalue weighted by Gasteiger charge is -2.20. The standard InChI is InChI=1S/C21H19Cl2NO2S/c1-15-7-9-17(10-8-15)21(16-5-3-2-4-6-16)24-27(25,26)14-18-11-12-19(22)13-20(18)23/h2-13,21,24H,14H2,1H3/t21-/m1/s1. The Labute approximate surface area is 170 Å². The lowest BCUT2D eigenvalue weighted by molar-refractivity contribution is 0.571. The van der Waals surface area contributed by atoms with Crippen LogP contribution in [0.4, 0.5) is 0 Å². The van der Waals surface area contributed by atoms with Crippen LogP contribution in [0.1, 0.15) is 28.3 Å². The molecule has 0 fully saturated rings. The van der Waals surface area contributed by atoms with Crippen molar-refractivity contribution in [3.63, 3.8) is 0 Å². The third-order valence-electron chi connectivity index (χ3n) is 4.20. The molecule has 0 saturated heterocycles. The molecule has 3 nitrogen and oxygen atoms in total. The van der Waals surface area contributed by atoms with E-state index in [0.717, 1.165) is 16.7 Å². The summed E-state index contributed by atoms with van der Waals surface area (Å²) in [6, 6.07) is 21.6. The molecule has 0 aliphatic heterocycles. The first-order valence-corrected chi connectivity index (χ1v) is 10.8. The topological polar surface area (TPSA) is 46.2 Å². The minimum atomic E-state index is -3.65. The number of nitrogens with one attached hydrogen (secondary N) is 1. The molecule has 0 aliphatic rings. The minimum Gasteiger partial charge on any atom is -0.212 e. The first-order valence-electron chi connectivity index (χ1n) is 8.39. The van der Waals surface area contributed by atoms with E-state index >= 15 is 0 Å². The Morgan fingerprint density at radius 3 is 2.15 bits per heavy atom. The van der Waals surface area contributed by atoms with Gasteiger partial charge in [-0.15, -0.1) is 0 Å². The van der Waals surface area contributed by atoms with E-state index in [2.05, 4.69) is 4.72 Å². The van der Waals surface area contributed by atoms with Gasteiger partial charge in [0.05, 0.1) is 11.8 Å². The molecular formula is C21H19Cl2NO2S. The zero-order valence-electron chi connectivity index (χ0n) is 14.7. The van der Waals surface area contributed by atoms with E-state index in [1.165, 1.54) is 0 Å². The molecule has 0 radical (unpaired) electrons. The van der Waals surface area contributed by atoms with E-state index in [1.807, 2.05) is 61.5 Å². The molecule has 0 bridgehead atoms. The summed E-state index contributed by atoms with van der Waals surface area (Å²) in [6.45, 7) is 1.99. The first kappa shape index (κ1) is 19.9. The van der Waals surface area contributed by atoms with Crippen molar-refractivity contribution >= 4 is 33.2 Å². The van der Waals surface area contributed by atoms with Crippen LogP contribution in [-0.2, 0) is 15.8 Å². The molecule has 3 aromatic carbocycles. The van der Waals surface area contributed by atoms with Crippen LogP contribution in [0.15, 0.2) is 72.8 Å². The monoisotopic (exact) mass is 419 g/mol. The van der Waals surface area contributed by atoms with Gasteiger partial charge < -0.3 is 0 Å². The van der Waals surface area contributed by atoms with Gasteiger partial charge in [0.1, 0.15) is 0 Å². The summed E-state index contributed by atoms with van der Waals surface area (Å²) in [7, 11) is -3.65. The molecule has 6 heteroatoms. The molecule has 27 heavy (non-hydrogen) atoms. The fraction of sp³-hybridized carbons (Fsp3) is 0.143. The van der Waals surface area contributed by atoms with E-state index < -0.39 is 16.1 Å². The summed E-state index contributed by atoms with van der Waals surface area (Å²) in [4.78, 5) is 0. The van der Waals surface area contributed by atoms with Crippen molar-refractivity contribution in [3.05, 3.63) is 105 Å². The van der Waals surface area contributed by atoms with Gasteiger partial charge in [-0.1, -0.05) is 89.4 Å². The predicted molar refractivity (Wildman–Crippen MR) is 112 cm³/mol. The largest absolute Gasteiger partial charge is 0.216 e. The molecule has 0 spiro atoms. The second kappa shape index (κ2) is 8.44. The quantitative estimate of drug-likeness (QED) is 0.572. The fourth-order valence-electron chi connectivity index (χ4n) is 2.80. The van der Waals surface area contributed by atoms with Gasteiger partial charge in [0, 0.05) is 10.0 Å². The van der Waals surface area contributed by atoms with Crippen LogP contribution < -0.4 is 4.72 Å². The smallest absolute Gasteiger partial charge is 0.212 e.